The lowest BCUT2D eigenvalue weighted by molar-refractivity contribution is 0.690. The minimum absolute atomic E-state index is 0.736. The molecule has 0 aliphatic carbocycles. The molecule has 11 heavy (non-hydrogen) atoms. The van der Waals surface area contributed by atoms with Crippen LogP contribution in [0.25, 0.3) is 0 Å². The smallest absolute Gasteiger partial charge is 0.0143 e. The molecule has 0 aliphatic heterocycles. The van der Waals surface area contributed by atoms with Gasteiger partial charge in [-0.2, -0.15) is 0 Å². The molecule has 1 radical (unpaired) electrons. The van der Waals surface area contributed by atoms with E-state index < -0.39 is 0 Å². The van der Waals surface area contributed by atoms with Crippen LogP contribution in [0.15, 0.2) is 0 Å². The highest BCUT2D eigenvalue weighted by atomic mass is 79.9. The number of halogens is 1. The molecular weight excluding hydrogens is 200 g/mol. The Bertz CT molecular complexity index is 71.3. The molecule has 0 aromatic heterocycles. The van der Waals surface area contributed by atoms with Crippen LogP contribution in [-0.2, 0) is 0 Å². The number of alkyl halides is 1. The number of rotatable bonds is 7. The summed E-state index contributed by atoms with van der Waals surface area (Å²) in [5, 5.41) is 0. The Morgan fingerprint density at radius 3 is 2.55 bits per heavy atom. The first-order valence-corrected chi connectivity index (χ1v) is 5.68. The molecule has 1 unspecified atom stereocenters. The molecule has 0 saturated heterocycles. The Morgan fingerprint density at radius 1 is 1.27 bits per heavy atom. The van der Waals surface area contributed by atoms with Gasteiger partial charge in [0.15, 0.2) is 0 Å². The monoisotopic (exact) mass is 219 g/mol. The molecule has 0 aromatic carbocycles. The van der Waals surface area contributed by atoms with E-state index in [1.807, 2.05) is 0 Å². The zero-order valence-electron chi connectivity index (χ0n) is 7.78. The van der Waals surface area contributed by atoms with Crippen LogP contribution in [0.3, 0.4) is 0 Å². The van der Waals surface area contributed by atoms with E-state index in [9.17, 15) is 0 Å². The van der Waals surface area contributed by atoms with Crippen LogP contribution < -0.4 is 0 Å². The molecule has 0 aliphatic rings. The Morgan fingerprint density at radius 2 is 2.00 bits per heavy atom. The third-order valence-electron chi connectivity index (χ3n) is 1.89. The molecule has 0 N–H and O–H groups in total. The van der Waals surface area contributed by atoms with Crippen molar-refractivity contribution in [2.45, 2.75) is 57.2 Å². The summed E-state index contributed by atoms with van der Waals surface area (Å²) in [4.78, 5) is 0.736. The van der Waals surface area contributed by atoms with Gasteiger partial charge in [0, 0.05) is 4.83 Å². The van der Waals surface area contributed by atoms with Crippen LogP contribution in [0, 0.1) is 6.42 Å². The standard InChI is InChI=1S/C10H20Br/c1-3-5-6-7-8-9-10(11)4-2/h7,10H,3-6,8-9H2,1-2H3. The average molecular weight is 220 g/mol. The van der Waals surface area contributed by atoms with E-state index in [0.717, 1.165) is 4.83 Å². The zero-order valence-corrected chi connectivity index (χ0v) is 9.36. The lowest BCUT2D eigenvalue weighted by atomic mass is 10.1. The minimum atomic E-state index is 0.736. The van der Waals surface area contributed by atoms with Crippen LogP contribution in [0.2, 0.25) is 0 Å². The van der Waals surface area contributed by atoms with Crippen LogP contribution in [0.5, 0.6) is 0 Å². The van der Waals surface area contributed by atoms with Gasteiger partial charge in [-0.3, -0.25) is 0 Å². The summed E-state index contributed by atoms with van der Waals surface area (Å²) in [6, 6.07) is 0. The SMILES string of the molecule is CCCC[CH]CCC(Br)CC. The zero-order chi connectivity index (χ0) is 8.53. The molecule has 0 aromatic rings. The highest BCUT2D eigenvalue weighted by Gasteiger charge is 1.98. The molecule has 0 rings (SSSR count). The average Bonchev–Trinajstić information content (AvgIpc) is 2.04. The summed E-state index contributed by atoms with van der Waals surface area (Å²) in [6.07, 6.45) is 10.3. The molecule has 0 nitrogen and oxygen atoms in total. The van der Waals surface area contributed by atoms with Crippen molar-refractivity contribution in [2.75, 3.05) is 0 Å². The first-order valence-electron chi connectivity index (χ1n) is 4.77. The van der Waals surface area contributed by atoms with Crippen LogP contribution in [-0.4, -0.2) is 4.83 Å². The summed E-state index contributed by atoms with van der Waals surface area (Å²) < 4.78 is 0. The predicted molar refractivity (Wildman–Crippen MR) is 56.1 cm³/mol. The normalized spacial score (nSPS) is 13.4. The van der Waals surface area contributed by atoms with Gasteiger partial charge in [-0.05, 0) is 25.7 Å². The third kappa shape index (κ3) is 8.39. The lowest BCUT2D eigenvalue weighted by Crippen LogP contribution is -1.94. The maximum atomic E-state index is 3.63. The van der Waals surface area contributed by atoms with Gasteiger partial charge in [-0.15, -0.1) is 0 Å². The van der Waals surface area contributed by atoms with Crippen molar-refractivity contribution in [3.05, 3.63) is 6.42 Å². The van der Waals surface area contributed by atoms with E-state index >= 15 is 0 Å². The fourth-order valence-electron chi connectivity index (χ4n) is 0.996. The van der Waals surface area contributed by atoms with E-state index in [4.69, 9.17) is 0 Å². The second-order valence-electron chi connectivity index (χ2n) is 3.01. The molecule has 0 saturated carbocycles. The molecular formula is C10H20Br. The maximum Gasteiger partial charge on any atom is 0.0143 e. The van der Waals surface area contributed by atoms with Crippen molar-refractivity contribution in [3.63, 3.8) is 0 Å². The highest BCUT2D eigenvalue weighted by Crippen LogP contribution is 2.14. The third-order valence-corrected chi connectivity index (χ3v) is 2.99. The van der Waals surface area contributed by atoms with E-state index in [-0.39, 0.29) is 0 Å². The molecule has 1 heteroatoms. The first kappa shape index (κ1) is 11.5. The first-order chi connectivity index (χ1) is 5.31. The summed E-state index contributed by atoms with van der Waals surface area (Å²) in [6.45, 7) is 4.47. The summed E-state index contributed by atoms with van der Waals surface area (Å²) in [7, 11) is 0. The van der Waals surface area contributed by atoms with E-state index in [2.05, 4.69) is 36.2 Å². The second kappa shape index (κ2) is 8.58. The van der Waals surface area contributed by atoms with Crippen LogP contribution in [0.4, 0.5) is 0 Å². The van der Waals surface area contributed by atoms with Gasteiger partial charge < -0.3 is 0 Å². The molecule has 0 fully saturated rings. The number of unbranched alkanes of at least 4 members (excludes halogenated alkanes) is 4. The van der Waals surface area contributed by atoms with Crippen molar-refractivity contribution in [1.82, 2.24) is 0 Å². The summed E-state index contributed by atoms with van der Waals surface area (Å²) >= 11 is 3.63. The van der Waals surface area contributed by atoms with E-state index in [1.54, 1.807) is 0 Å². The topological polar surface area (TPSA) is 0 Å². The molecule has 0 bridgehead atoms. The Labute approximate surface area is 79.9 Å². The second-order valence-corrected chi connectivity index (χ2v) is 4.31. The van der Waals surface area contributed by atoms with Crippen molar-refractivity contribution in [1.29, 1.82) is 0 Å². The van der Waals surface area contributed by atoms with Gasteiger partial charge in [0.1, 0.15) is 0 Å². The van der Waals surface area contributed by atoms with Crippen LogP contribution >= 0.6 is 15.9 Å². The molecule has 67 valence electrons. The van der Waals surface area contributed by atoms with Crippen molar-refractivity contribution in [2.24, 2.45) is 0 Å². The Hall–Kier alpha value is 0.480. The summed E-state index contributed by atoms with van der Waals surface area (Å²) in [5.41, 5.74) is 0. The van der Waals surface area contributed by atoms with E-state index in [1.165, 1.54) is 38.5 Å². The van der Waals surface area contributed by atoms with E-state index in [0.29, 0.717) is 0 Å². The molecule has 1 atom stereocenters. The largest absolute Gasteiger partial charge is 0.0891 e. The number of hydrogen-bond acceptors (Lipinski definition) is 0. The van der Waals surface area contributed by atoms with Gasteiger partial charge in [-0.25, -0.2) is 0 Å². The highest BCUT2D eigenvalue weighted by molar-refractivity contribution is 9.09. The van der Waals surface area contributed by atoms with Crippen molar-refractivity contribution >= 4 is 15.9 Å². The van der Waals surface area contributed by atoms with Gasteiger partial charge in [0.2, 0.25) is 0 Å². The fourth-order valence-corrected chi connectivity index (χ4v) is 1.26. The van der Waals surface area contributed by atoms with Gasteiger partial charge in [-0.1, -0.05) is 49.0 Å². The molecule has 0 spiro atoms. The maximum absolute atomic E-state index is 3.63. The summed E-state index contributed by atoms with van der Waals surface area (Å²) in [5.74, 6) is 0. The minimum Gasteiger partial charge on any atom is -0.0891 e. The predicted octanol–water partition coefficient (Wildman–Crippen LogP) is 4.33. The quantitative estimate of drug-likeness (QED) is 0.442. The van der Waals surface area contributed by atoms with Gasteiger partial charge in [0.05, 0.1) is 0 Å². The number of hydrogen-bond donors (Lipinski definition) is 0. The fraction of sp³-hybridized carbons (Fsp3) is 0.900. The van der Waals surface area contributed by atoms with Crippen molar-refractivity contribution in [3.8, 4) is 0 Å². The van der Waals surface area contributed by atoms with Gasteiger partial charge in [0.25, 0.3) is 0 Å². The Balaban J connectivity index is 2.89. The van der Waals surface area contributed by atoms with Gasteiger partial charge >= 0.3 is 0 Å². The lowest BCUT2D eigenvalue weighted by Gasteiger charge is -2.04. The van der Waals surface area contributed by atoms with Crippen LogP contribution in [0.1, 0.15) is 52.4 Å². The molecule has 0 heterocycles. The Kier molecular flexibility index (Phi) is 8.95. The van der Waals surface area contributed by atoms with Crippen molar-refractivity contribution < 1.29 is 0 Å². The molecule has 0 amide bonds.